The number of aromatic nitrogens is 2. The van der Waals surface area contributed by atoms with Crippen LogP contribution in [0.15, 0.2) is 36.8 Å². The summed E-state index contributed by atoms with van der Waals surface area (Å²) in [5, 5.41) is 0. The average Bonchev–Trinajstić information content (AvgIpc) is 2.77. The van der Waals surface area contributed by atoms with Crippen molar-refractivity contribution in [2.75, 3.05) is 7.11 Å². The monoisotopic (exact) mass is 203 g/mol. The number of nitrogens with zero attached hydrogens (tertiary/aromatic N) is 2. The van der Waals surface area contributed by atoms with Crippen molar-refractivity contribution in [1.82, 2.24) is 9.55 Å². The number of hydrogen-bond donors (Lipinski definition) is 1. The minimum Gasteiger partial charge on any atom is -0.495 e. The molecule has 0 aliphatic carbocycles. The fourth-order valence-corrected chi connectivity index (χ4v) is 1.44. The summed E-state index contributed by atoms with van der Waals surface area (Å²) in [6.07, 6.45) is 3.64. The predicted octanol–water partition coefficient (Wildman–Crippen LogP) is 1.34. The van der Waals surface area contributed by atoms with Crippen LogP contribution in [-0.2, 0) is 6.54 Å². The Labute approximate surface area is 88.3 Å². The maximum absolute atomic E-state index is 5.50. The molecule has 2 rings (SSSR count). The Kier molecular flexibility index (Phi) is 2.69. The van der Waals surface area contributed by atoms with E-state index in [-0.39, 0.29) is 0 Å². The number of methoxy groups -OCH3 is 1. The molecule has 4 nitrogen and oxygen atoms in total. The van der Waals surface area contributed by atoms with Gasteiger partial charge < -0.3 is 15.0 Å². The van der Waals surface area contributed by atoms with E-state index >= 15 is 0 Å². The molecule has 0 amide bonds. The zero-order chi connectivity index (χ0) is 10.7. The Hall–Kier alpha value is -1.81. The van der Waals surface area contributed by atoms with Gasteiger partial charge in [0.1, 0.15) is 5.75 Å². The van der Waals surface area contributed by atoms with Gasteiger partial charge in [0.05, 0.1) is 24.8 Å². The minimum absolute atomic E-state index is 0.447. The third kappa shape index (κ3) is 1.85. The third-order valence-electron chi connectivity index (χ3n) is 2.21. The fraction of sp³-hybridized carbons (Fsp3) is 0.182. The molecule has 1 aromatic carbocycles. The third-order valence-corrected chi connectivity index (χ3v) is 2.21. The highest BCUT2D eigenvalue weighted by molar-refractivity contribution is 5.46. The molecular weight excluding hydrogens is 190 g/mol. The molecule has 4 heteroatoms. The first-order chi connectivity index (χ1) is 7.35. The van der Waals surface area contributed by atoms with Crippen LogP contribution in [0.3, 0.4) is 0 Å². The lowest BCUT2D eigenvalue weighted by Crippen LogP contribution is -1.97. The molecule has 0 bridgehead atoms. The number of rotatable bonds is 3. The Bertz CT molecular complexity index is 451. The number of benzene rings is 1. The van der Waals surface area contributed by atoms with Crippen LogP contribution in [0.1, 0.15) is 5.69 Å². The highest BCUT2D eigenvalue weighted by Crippen LogP contribution is 2.21. The maximum Gasteiger partial charge on any atom is 0.142 e. The number of hydrogen-bond acceptors (Lipinski definition) is 3. The van der Waals surface area contributed by atoms with E-state index in [0.29, 0.717) is 6.54 Å². The second kappa shape index (κ2) is 4.14. The van der Waals surface area contributed by atoms with Crippen molar-refractivity contribution in [3.63, 3.8) is 0 Å². The first kappa shape index (κ1) is 9.73. The van der Waals surface area contributed by atoms with Crippen LogP contribution >= 0.6 is 0 Å². The van der Waals surface area contributed by atoms with Crippen LogP contribution in [0.5, 0.6) is 5.75 Å². The van der Waals surface area contributed by atoms with Gasteiger partial charge in [-0.05, 0) is 12.1 Å². The molecular formula is C11H13N3O. The Morgan fingerprint density at radius 2 is 2.20 bits per heavy atom. The summed E-state index contributed by atoms with van der Waals surface area (Å²) in [4.78, 5) is 4.17. The molecule has 15 heavy (non-hydrogen) atoms. The Balaban J connectivity index is 2.44. The first-order valence-electron chi connectivity index (χ1n) is 4.71. The average molecular weight is 203 g/mol. The smallest absolute Gasteiger partial charge is 0.142 e. The van der Waals surface area contributed by atoms with Gasteiger partial charge in [0.15, 0.2) is 0 Å². The van der Waals surface area contributed by atoms with Gasteiger partial charge in [0.25, 0.3) is 0 Å². The molecule has 2 aromatic rings. The molecule has 0 saturated carbocycles. The van der Waals surface area contributed by atoms with Gasteiger partial charge in [0, 0.05) is 12.7 Å². The van der Waals surface area contributed by atoms with Gasteiger partial charge in [-0.25, -0.2) is 4.98 Å². The molecule has 0 aliphatic rings. The van der Waals surface area contributed by atoms with Crippen molar-refractivity contribution in [3.8, 4) is 11.4 Å². The Morgan fingerprint density at radius 1 is 1.40 bits per heavy atom. The van der Waals surface area contributed by atoms with Crippen LogP contribution in [0.4, 0.5) is 0 Å². The molecule has 0 saturated heterocycles. The lowest BCUT2D eigenvalue weighted by molar-refractivity contribution is 0.413. The summed E-state index contributed by atoms with van der Waals surface area (Å²) in [7, 11) is 1.65. The van der Waals surface area contributed by atoms with E-state index in [2.05, 4.69) is 4.98 Å². The van der Waals surface area contributed by atoms with Crippen molar-refractivity contribution >= 4 is 0 Å². The van der Waals surface area contributed by atoms with E-state index in [0.717, 1.165) is 17.1 Å². The molecule has 2 N–H and O–H groups in total. The molecule has 0 spiro atoms. The second-order valence-electron chi connectivity index (χ2n) is 3.15. The summed E-state index contributed by atoms with van der Waals surface area (Å²) < 4.78 is 7.17. The summed E-state index contributed by atoms with van der Waals surface area (Å²) >= 11 is 0. The number of imidazole rings is 1. The van der Waals surface area contributed by atoms with Crippen LogP contribution in [0.2, 0.25) is 0 Å². The molecule has 0 atom stereocenters. The topological polar surface area (TPSA) is 53.1 Å². The zero-order valence-corrected chi connectivity index (χ0v) is 8.55. The largest absolute Gasteiger partial charge is 0.495 e. The minimum atomic E-state index is 0.447. The predicted molar refractivity (Wildman–Crippen MR) is 58.0 cm³/mol. The van der Waals surface area contributed by atoms with Gasteiger partial charge in [-0.2, -0.15) is 0 Å². The summed E-state index contributed by atoms with van der Waals surface area (Å²) in [6, 6.07) is 7.78. The van der Waals surface area contributed by atoms with Gasteiger partial charge >= 0.3 is 0 Å². The summed E-state index contributed by atoms with van der Waals surface area (Å²) in [5.74, 6) is 0.818. The van der Waals surface area contributed by atoms with Gasteiger partial charge in [-0.3, -0.25) is 0 Å². The molecule has 1 heterocycles. The summed E-state index contributed by atoms with van der Waals surface area (Å²) in [6.45, 7) is 0.447. The van der Waals surface area contributed by atoms with Crippen molar-refractivity contribution < 1.29 is 4.74 Å². The van der Waals surface area contributed by atoms with Crippen LogP contribution < -0.4 is 10.5 Å². The van der Waals surface area contributed by atoms with E-state index in [1.165, 1.54) is 0 Å². The van der Waals surface area contributed by atoms with E-state index in [1.54, 1.807) is 13.4 Å². The van der Waals surface area contributed by atoms with Crippen LogP contribution in [-0.4, -0.2) is 16.7 Å². The first-order valence-corrected chi connectivity index (χ1v) is 4.71. The lowest BCUT2D eigenvalue weighted by Gasteiger charge is -2.07. The molecule has 0 radical (unpaired) electrons. The van der Waals surface area contributed by atoms with E-state index in [1.807, 2.05) is 35.0 Å². The second-order valence-corrected chi connectivity index (χ2v) is 3.15. The number of para-hydroxylation sites is 2. The van der Waals surface area contributed by atoms with Crippen molar-refractivity contribution in [1.29, 1.82) is 0 Å². The normalized spacial score (nSPS) is 10.3. The molecule has 0 unspecified atom stereocenters. The van der Waals surface area contributed by atoms with E-state index in [9.17, 15) is 0 Å². The lowest BCUT2D eigenvalue weighted by atomic mass is 10.3. The van der Waals surface area contributed by atoms with E-state index in [4.69, 9.17) is 10.5 Å². The zero-order valence-electron chi connectivity index (χ0n) is 8.55. The van der Waals surface area contributed by atoms with Gasteiger partial charge in [0.2, 0.25) is 0 Å². The van der Waals surface area contributed by atoms with Crippen molar-refractivity contribution in [2.45, 2.75) is 6.54 Å². The van der Waals surface area contributed by atoms with E-state index < -0.39 is 0 Å². The van der Waals surface area contributed by atoms with Gasteiger partial charge in [-0.1, -0.05) is 12.1 Å². The Morgan fingerprint density at radius 3 is 2.87 bits per heavy atom. The molecule has 78 valence electrons. The molecule has 0 fully saturated rings. The van der Waals surface area contributed by atoms with Crippen molar-refractivity contribution in [3.05, 3.63) is 42.5 Å². The number of ether oxygens (including phenoxy) is 1. The standard InChI is InChI=1S/C11H13N3O/c1-15-11-5-3-2-4-10(11)14-7-9(6-12)13-8-14/h2-5,7-8H,6,12H2,1H3. The highest BCUT2D eigenvalue weighted by atomic mass is 16.5. The summed E-state index contributed by atoms with van der Waals surface area (Å²) in [5.41, 5.74) is 7.33. The molecule has 0 aliphatic heterocycles. The quantitative estimate of drug-likeness (QED) is 0.819. The fourth-order valence-electron chi connectivity index (χ4n) is 1.44. The number of nitrogens with two attached hydrogens (primary N) is 1. The SMILES string of the molecule is COc1ccccc1-n1cnc(CN)c1. The molecule has 1 aromatic heterocycles. The van der Waals surface area contributed by atoms with Crippen molar-refractivity contribution in [2.24, 2.45) is 5.73 Å². The van der Waals surface area contributed by atoms with Crippen LogP contribution in [0.25, 0.3) is 5.69 Å². The van der Waals surface area contributed by atoms with Gasteiger partial charge in [-0.15, -0.1) is 0 Å². The highest BCUT2D eigenvalue weighted by Gasteiger charge is 2.04. The van der Waals surface area contributed by atoms with Crippen LogP contribution in [0, 0.1) is 0 Å². The maximum atomic E-state index is 5.50.